The number of pyridine rings is 1. The van der Waals surface area contributed by atoms with Gasteiger partial charge in [-0.3, -0.25) is 4.98 Å². The van der Waals surface area contributed by atoms with Gasteiger partial charge in [-0.1, -0.05) is 72.6 Å². The molecule has 0 radical (unpaired) electrons. The second-order valence-corrected chi connectivity index (χ2v) is 10.2. The van der Waals surface area contributed by atoms with Crippen molar-refractivity contribution in [2.45, 2.75) is 45.6 Å². The van der Waals surface area contributed by atoms with Crippen LogP contribution in [0.1, 0.15) is 49.0 Å². The van der Waals surface area contributed by atoms with Gasteiger partial charge < -0.3 is 15.4 Å². The van der Waals surface area contributed by atoms with E-state index in [-0.39, 0.29) is 6.04 Å². The maximum Gasteiger partial charge on any atom is 0.180 e. The van der Waals surface area contributed by atoms with Gasteiger partial charge in [0, 0.05) is 18.8 Å². The van der Waals surface area contributed by atoms with Crippen molar-refractivity contribution in [3.05, 3.63) is 99.8 Å². The Labute approximate surface area is 241 Å². The van der Waals surface area contributed by atoms with Gasteiger partial charge in [0.1, 0.15) is 22.3 Å². The van der Waals surface area contributed by atoms with Crippen molar-refractivity contribution in [3.8, 4) is 17.3 Å². The third kappa shape index (κ3) is 8.65. The van der Waals surface area contributed by atoms with Crippen LogP contribution in [0.3, 0.4) is 0 Å². The molecule has 1 atom stereocenters. The summed E-state index contributed by atoms with van der Waals surface area (Å²) < 4.78 is 5.68. The number of anilines is 1. The molecule has 0 fully saturated rings. The molecule has 4 aromatic rings. The number of nitrogens with zero attached hydrogens (tertiary/aromatic N) is 3. The first-order chi connectivity index (χ1) is 19.0. The van der Waals surface area contributed by atoms with E-state index in [9.17, 15) is 0 Å². The first-order valence-corrected chi connectivity index (χ1v) is 14.2. The number of unbranched alkanes of at least 4 members (excludes halogenated alkanes) is 1. The van der Waals surface area contributed by atoms with Crippen LogP contribution in [-0.4, -0.2) is 34.6 Å². The van der Waals surface area contributed by atoms with Crippen molar-refractivity contribution in [2.24, 2.45) is 0 Å². The summed E-state index contributed by atoms with van der Waals surface area (Å²) in [6.45, 7) is 6.26. The number of halogens is 2. The second-order valence-electron chi connectivity index (χ2n) is 9.40. The number of aryl methyl sites for hydroxylation is 2. The van der Waals surface area contributed by atoms with Crippen LogP contribution in [-0.2, 0) is 6.42 Å². The van der Waals surface area contributed by atoms with Gasteiger partial charge in [-0.05, 0) is 74.5 Å². The molecule has 0 unspecified atom stereocenters. The molecule has 6 nitrogen and oxygen atoms in total. The Balaban J connectivity index is 1.35. The van der Waals surface area contributed by atoms with Crippen LogP contribution in [0.15, 0.2) is 72.9 Å². The highest BCUT2D eigenvalue weighted by Crippen LogP contribution is 2.27. The van der Waals surface area contributed by atoms with E-state index in [0.29, 0.717) is 39.6 Å². The number of ether oxygens (including phenoxy) is 1. The summed E-state index contributed by atoms with van der Waals surface area (Å²) in [6.07, 6.45) is 5.82. The predicted molar refractivity (Wildman–Crippen MR) is 161 cm³/mol. The Bertz CT molecular complexity index is 1300. The van der Waals surface area contributed by atoms with Crippen molar-refractivity contribution in [1.29, 1.82) is 0 Å². The molecule has 0 aliphatic carbocycles. The lowest BCUT2D eigenvalue weighted by atomic mass is 10.1. The molecule has 8 heteroatoms. The van der Waals surface area contributed by atoms with Crippen molar-refractivity contribution >= 4 is 29.0 Å². The van der Waals surface area contributed by atoms with Crippen LogP contribution in [0, 0.1) is 6.92 Å². The Morgan fingerprint density at radius 3 is 2.44 bits per heavy atom. The fraction of sp³-hybridized carbons (Fsp3) is 0.323. The third-order valence-electron chi connectivity index (χ3n) is 6.33. The monoisotopic (exact) mass is 563 g/mol. The fourth-order valence-electron chi connectivity index (χ4n) is 4.19. The Morgan fingerprint density at radius 2 is 1.72 bits per heavy atom. The molecule has 0 aliphatic rings. The topological polar surface area (TPSA) is 72.0 Å². The van der Waals surface area contributed by atoms with Crippen LogP contribution < -0.4 is 15.4 Å². The van der Waals surface area contributed by atoms with Gasteiger partial charge in [-0.25, -0.2) is 9.97 Å². The highest BCUT2D eigenvalue weighted by atomic mass is 35.5. The Morgan fingerprint density at radius 1 is 0.923 bits per heavy atom. The third-order valence-corrected chi connectivity index (χ3v) is 7.00. The van der Waals surface area contributed by atoms with E-state index in [1.807, 2.05) is 13.0 Å². The van der Waals surface area contributed by atoms with Crippen LogP contribution in [0.25, 0.3) is 11.5 Å². The van der Waals surface area contributed by atoms with Crippen LogP contribution in [0.5, 0.6) is 5.75 Å². The molecule has 0 amide bonds. The average molecular weight is 565 g/mol. The van der Waals surface area contributed by atoms with E-state index in [1.54, 1.807) is 18.3 Å². The normalized spacial score (nSPS) is 11.8. The predicted octanol–water partition coefficient (Wildman–Crippen LogP) is 7.71. The minimum Gasteiger partial charge on any atom is -0.494 e. The molecule has 2 heterocycles. The van der Waals surface area contributed by atoms with E-state index < -0.39 is 0 Å². The van der Waals surface area contributed by atoms with E-state index in [1.165, 1.54) is 11.1 Å². The van der Waals surface area contributed by atoms with E-state index in [0.717, 1.165) is 44.6 Å². The summed E-state index contributed by atoms with van der Waals surface area (Å²) in [4.78, 5) is 13.5. The first kappa shape index (κ1) is 28.8. The number of nitrogens with one attached hydrogen (secondary N) is 2. The fourth-order valence-corrected chi connectivity index (χ4v) is 4.46. The van der Waals surface area contributed by atoms with Gasteiger partial charge in [0.25, 0.3) is 0 Å². The maximum atomic E-state index is 6.59. The van der Waals surface area contributed by atoms with E-state index in [4.69, 9.17) is 27.9 Å². The van der Waals surface area contributed by atoms with Crippen molar-refractivity contribution in [1.82, 2.24) is 20.3 Å². The average Bonchev–Trinajstić information content (AvgIpc) is 2.96. The highest BCUT2D eigenvalue weighted by molar-refractivity contribution is 6.33. The summed E-state index contributed by atoms with van der Waals surface area (Å²) in [5, 5.41) is 8.23. The summed E-state index contributed by atoms with van der Waals surface area (Å²) in [7, 11) is 0. The van der Waals surface area contributed by atoms with Gasteiger partial charge in [-0.2, -0.15) is 0 Å². The zero-order valence-electron chi connectivity index (χ0n) is 22.5. The van der Waals surface area contributed by atoms with Gasteiger partial charge in [0.15, 0.2) is 5.82 Å². The molecule has 0 saturated carbocycles. The summed E-state index contributed by atoms with van der Waals surface area (Å²) in [5.41, 5.74) is 3.87. The minimum atomic E-state index is 0.0876. The largest absolute Gasteiger partial charge is 0.494 e. The molecule has 0 bridgehead atoms. The number of benzene rings is 2. The molecule has 4 rings (SSSR count). The Kier molecular flexibility index (Phi) is 11.0. The van der Waals surface area contributed by atoms with E-state index in [2.05, 4.69) is 81.0 Å². The molecule has 2 N–H and O–H groups in total. The van der Waals surface area contributed by atoms with Crippen LogP contribution in [0.2, 0.25) is 10.0 Å². The molecule has 2 aromatic carbocycles. The molecule has 39 heavy (non-hydrogen) atoms. The molecular weight excluding hydrogens is 529 g/mol. The molecule has 204 valence electrons. The van der Waals surface area contributed by atoms with Crippen LogP contribution >= 0.6 is 23.2 Å². The second kappa shape index (κ2) is 14.8. The molecule has 0 spiro atoms. The number of rotatable bonds is 14. The lowest BCUT2D eigenvalue weighted by Gasteiger charge is -2.21. The minimum absolute atomic E-state index is 0.0876. The zero-order valence-corrected chi connectivity index (χ0v) is 24.0. The summed E-state index contributed by atoms with van der Waals surface area (Å²) in [6, 6.07) is 22.5. The van der Waals surface area contributed by atoms with Crippen molar-refractivity contribution < 1.29 is 4.74 Å². The van der Waals surface area contributed by atoms with Gasteiger partial charge >= 0.3 is 0 Å². The Hall–Kier alpha value is -3.19. The lowest BCUT2D eigenvalue weighted by Crippen LogP contribution is -2.29. The van der Waals surface area contributed by atoms with Crippen LogP contribution in [0.4, 0.5) is 5.82 Å². The van der Waals surface area contributed by atoms with Crippen molar-refractivity contribution in [3.63, 3.8) is 0 Å². The van der Waals surface area contributed by atoms with Crippen molar-refractivity contribution in [2.75, 3.05) is 25.0 Å². The standard InChI is InChI=1S/C31H35Cl2N5O/c1-3-19-39-26-15-12-23(13-16-26)9-7-8-18-34-28(24-10-5-4-6-11-24)21-36-31-29(33)22(2)37-30(38-31)27-17-14-25(32)20-35-27/h4-6,10-17,20,28,34H,3,7-9,18-19,21H2,1-2H3,(H,36,37,38)/t28-/m0/s1. The lowest BCUT2D eigenvalue weighted by molar-refractivity contribution is 0.317. The maximum absolute atomic E-state index is 6.59. The summed E-state index contributed by atoms with van der Waals surface area (Å²) >= 11 is 12.6. The SMILES string of the molecule is CCCOc1ccc(CCCCN[C@@H](CNc2nc(-c3ccc(Cl)cn3)nc(C)c2Cl)c2ccccc2)cc1. The van der Waals surface area contributed by atoms with Gasteiger partial charge in [0.05, 0.1) is 17.3 Å². The molecule has 2 aromatic heterocycles. The van der Waals surface area contributed by atoms with Gasteiger partial charge in [0.2, 0.25) is 0 Å². The quantitative estimate of drug-likeness (QED) is 0.153. The molecule has 0 aliphatic heterocycles. The zero-order chi connectivity index (χ0) is 27.5. The molecule has 0 saturated heterocycles. The first-order valence-electron chi connectivity index (χ1n) is 13.4. The van der Waals surface area contributed by atoms with E-state index >= 15 is 0 Å². The highest BCUT2D eigenvalue weighted by Gasteiger charge is 2.15. The summed E-state index contributed by atoms with van der Waals surface area (Å²) in [5.74, 6) is 2.03. The van der Waals surface area contributed by atoms with Gasteiger partial charge in [-0.15, -0.1) is 0 Å². The smallest absolute Gasteiger partial charge is 0.180 e. The number of aromatic nitrogens is 3. The molecular formula is C31H35Cl2N5O. The number of hydrogen-bond donors (Lipinski definition) is 2. The number of hydrogen-bond acceptors (Lipinski definition) is 6.